The molecule has 0 amide bonds. The number of nitrogens with one attached hydrogen (secondary N) is 1. The standard InChI is InChI=1S/C10H17ClN2/c1-10(2,3)7-8(11)6-9-12-4-5-13-9/h4-5,8H,6-7H2,1-3H3,(H,12,13). The topological polar surface area (TPSA) is 28.7 Å². The van der Waals surface area contributed by atoms with Crippen molar-refractivity contribution in [3.8, 4) is 0 Å². The summed E-state index contributed by atoms with van der Waals surface area (Å²) in [7, 11) is 0. The number of halogens is 1. The summed E-state index contributed by atoms with van der Waals surface area (Å²) in [5.74, 6) is 0.976. The first-order valence-electron chi connectivity index (χ1n) is 4.60. The average Bonchev–Trinajstić information content (AvgIpc) is 2.34. The van der Waals surface area contributed by atoms with E-state index in [1.165, 1.54) is 0 Å². The van der Waals surface area contributed by atoms with Crippen LogP contribution in [0.1, 0.15) is 33.0 Å². The number of hydrogen-bond donors (Lipinski definition) is 1. The first kappa shape index (κ1) is 10.6. The van der Waals surface area contributed by atoms with Gasteiger partial charge in [0.05, 0.1) is 0 Å². The van der Waals surface area contributed by atoms with Gasteiger partial charge < -0.3 is 4.98 Å². The smallest absolute Gasteiger partial charge is 0.107 e. The quantitative estimate of drug-likeness (QED) is 0.747. The largest absolute Gasteiger partial charge is 0.349 e. The number of imidazole rings is 1. The fourth-order valence-corrected chi connectivity index (χ4v) is 1.97. The van der Waals surface area contributed by atoms with Gasteiger partial charge in [-0.1, -0.05) is 20.8 Å². The van der Waals surface area contributed by atoms with Crippen LogP contribution in [0.2, 0.25) is 0 Å². The molecule has 0 aliphatic heterocycles. The molecule has 1 heterocycles. The Bertz CT molecular complexity index is 236. The third-order valence-electron chi connectivity index (χ3n) is 1.80. The molecule has 0 bridgehead atoms. The van der Waals surface area contributed by atoms with Crippen LogP contribution in [0, 0.1) is 5.41 Å². The zero-order chi connectivity index (χ0) is 9.90. The Labute approximate surface area is 84.7 Å². The molecular weight excluding hydrogens is 184 g/mol. The molecule has 1 unspecified atom stereocenters. The Kier molecular flexibility index (Phi) is 3.37. The van der Waals surface area contributed by atoms with E-state index >= 15 is 0 Å². The molecule has 1 atom stereocenters. The molecule has 0 spiro atoms. The van der Waals surface area contributed by atoms with E-state index in [0.29, 0.717) is 5.41 Å². The minimum absolute atomic E-state index is 0.172. The highest BCUT2D eigenvalue weighted by Crippen LogP contribution is 2.24. The summed E-state index contributed by atoms with van der Waals surface area (Å²) in [6, 6.07) is 0. The van der Waals surface area contributed by atoms with Crippen molar-refractivity contribution < 1.29 is 0 Å². The van der Waals surface area contributed by atoms with E-state index in [0.717, 1.165) is 18.7 Å². The second-order valence-electron chi connectivity index (χ2n) is 4.60. The Morgan fingerprint density at radius 2 is 2.23 bits per heavy atom. The molecule has 0 fully saturated rings. The lowest BCUT2D eigenvalue weighted by Gasteiger charge is -2.21. The van der Waals surface area contributed by atoms with Gasteiger partial charge in [0, 0.05) is 24.2 Å². The van der Waals surface area contributed by atoms with Crippen LogP contribution in [0.4, 0.5) is 0 Å². The average molecular weight is 201 g/mol. The fourth-order valence-electron chi connectivity index (χ4n) is 1.36. The van der Waals surface area contributed by atoms with Crippen LogP contribution in [-0.4, -0.2) is 15.3 Å². The zero-order valence-corrected chi connectivity index (χ0v) is 9.23. The van der Waals surface area contributed by atoms with Crippen LogP contribution in [0.15, 0.2) is 12.4 Å². The maximum atomic E-state index is 6.20. The van der Waals surface area contributed by atoms with Gasteiger partial charge in [-0.15, -0.1) is 11.6 Å². The summed E-state index contributed by atoms with van der Waals surface area (Å²) in [5.41, 5.74) is 0.291. The highest BCUT2D eigenvalue weighted by molar-refractivity contribution is 6.20. The molecular formula is C10H17ClN2. The zero-order valence-electron chi connectivity index (χ0n) is 8.47. The minimum Gasteiger partial charge on any atom is -0.349 e. The van der Waals surface area contributed by atoms with Gasteiger partial charge in [0.1, 0.15) is 5.82 Å². The summed E-state index contributed by atoms with van der Waals surface area (Å²) in [6.07, 6.45) is 5.42. The Balaban J connectivity index is 2.38. The van der Waals surface area contributed by atoms with E-state index in [-0.39, 0.29) is 5.38 Å². The van der Waals surface area contributed by atoms with Crippen molar-refractivity contribution in [3.05, 3.63) is 18.2 Å². The van der Waals surface area contributed by atoms with Crippen molar-refractivity contribution >= 4 is 11.6 Å². The van der Waals surface area contributed by atoms with Gasteiger partial charge in [-0.25, -0.2) is 4.98 Å². The lowest BCUT2D eigenvalue weighted by molar-refractivity contribution is 0.368. The van der Waals surface area contributed by atoms with Gasteiger partial charge in [-0.3, -0.25) is 0 Å². The van der Waals surface area contributed by atoms with E-state index in [1.54, 1.807) is 6.20 Å². The molecule has 13 heavy (non-hydrogen) atoms. The number of aromatic nitrogens is 2. The molecule has 1 aromatic heterocycles. The maximum Gasteiger partial charge on any atom is 0.107 e. The summed E-state index contributed by atoms with van der Waals surface area (Å²) in [5, 5.41) is 0.172. The van der Waals surface area contributed by atoms with Gasteiger partial charge >= 0.3 is 0 Å². The van der Waals surface area contributed by atoms with Crippen LogP contribution in [0.25, 0.3) is 0 Å². The van der Waals surface area contributed by atoms with Gasteiger partial charge in [-0.05, 0) is 11.8 Å². The molecule has 2 nitrogen and oxygen atoms in total. The lowest BCUT2D eigenvalue weighted by Crippen LogP contribution is -2.15. The number of H-pyrrole nitrogens is 1. The van der Waals surface area contributed by atoms with Gasteiger partial charge in [0.15, 0.2) is 0 Å². The van der Waals surface area contributed by atoms with Crippen LogP contribution in [-0.2, 0) is 6.42 Å². The van der Waals surface area contributed by atoms with Crippen LogP contribution >= 0.6 is 11.6 Å². The Morgan fingerprint density at radius 3 is 2.69 bits per heavy atom. The van der Waals surface area contributed by atoms with Crippen molar-refractivity contribution in [3.63, 3.8) is 0 Å². The molecule has 74 valence electrons. The molecule has 0 saturated carbocycles. The number of rotatable bonds is 3. The van der Waals surface area contributed by atoms with E-state index in [9.17, 15) is 0 Å². The molecule has 0 aliphatic carbocycles. The molecule has 1 rings (SSSR count). The predicted molar refractivity (Wildman–Crippen MR) is 56.0 cm³/mol. The molecule has 1 aromatic rings. The summed E-state index contributed by atoms with van der Waals surface area (Å²) in [6.45, 7) is 6.60. The molecule has 1 N–H and O–H groups in total. The molecule has 0 saturated heterocycles. The molecule has 3 heteroatoms. The third-order valence-corrected chi connectivity index (χ3v) is 2.11. The van der Waals surface area contributed by atoms with Crippen LogP contribution in [0.5, 0.6) is 0 Å². The Morgan fingerprint density at radius 1 is 1.54 bits per heavy atom. The van der Waals surface area contributed by atoms with Crippen molar-refractivity contribution in [2.24, 2.45) is 5.41 Å². The summed E-state index contributed by atoms with van der Waals surface area (Å²) >= 11 is 6.20. The lowest BCUT2D eigenvalue weighted by atomic mass is 9.89. The second kappa shape index (κ2) is 4.14. The predicted octanol–water partition coefficient (Wildman–Crippen LogP) is 3.00. The van der Waals surface area contributed by atoms with E-state index in [2.05, 4.69) is 30.7 Å². The SMILES string of the molecule is CC(C)(C)CC(Cl)Cc1ncc[nH]1. The van der Waals surface area contributed by atoms with Crippen LogP contribution in [0.3, 0.4) is 0 Å². The fraction of sp³-hybridized carbons (Fsp3) is 0.700. The number of alkyl halides is 1. The Hall–Kier alpha value is -0.500. The highest BCUT2D eigenvalue weighted by Gasteiger charge is 2.17. The third kappa shape index (κ3) is 4.32. The van der Waals surface area contributed by atoms with Crippen molar-refractivity contribution in [2.75, 3.05) is 0 Å². The van der Waals surface area contributed by atoms with Crippen LogP contribution < -0.4 is 0 Å². The van der Waals surface area contributed by atoms with E-state index < -0.39 is 0 Å². The first-order chi connectivity index (χ1) is 5.97. The molecule has 0 aromatic carbocycles. The van der Waals surface area contributed by atoms with E-state index in [1.807, 2.05) is 6.20 Å². The van der Waals surface area contributed by atoms with Crippen molar-refractivity contribution in [1.82, 2.24) is 9.97 Å². The summed E-state index contributed by atoms with van der Waals surface area (Å²) in [4.78, 5) is 7.20. The molecule has 0 aliphatic rings. The van der Waals surface area contributed by atoms with E-state index in [4.69, 9.17) is 11.6 Å². The summed E-state index contributed by atoms with van der Waals surface area (Å²) < 4.78 is 0. The monoisotopic (exact) mass is 200 g/mol. The van der Waals surface area contributed by atoms with Gasteiger partial charge in [0.2, 0.25) is 0 Å². The maximum absolute atomic E-state index is 6.20. The van der Waals surface area contributed by atoms with Crippen molar-refractivity contribution in [2.45, 2.75) is 39.0 Å². The second-order valence-corrected chi connectivity index (χ2v) is 5.22. The molecule has 0 radical (unpaired) electrons. The number of hydrogen-bond acceptors (Lipinski definition) is 1. The highest BCUT2D eigenvalue weighted by atomic mass is 35.5. The number of aromatic amines is 1. The minimum atomic E-state index is 0.172. The van der Waals surface area contributed by atoms with Gasteiger partial charge in [0.25, 0.3) is 0 Å². The number of nitrogens with zero attached hydrogens (tertiary/aromatic N) is 1. The normalized spacial score (nSPS) is 14.5. The van der Waals surface area contributed by atoms with Gasteiger partial charge in [-0.2, -0.15) is 0 Å². The van der Waals surface area contributed by atoms with Crippen molar-refractivity contribution in [1.29, 1.82) is 0 Å². The first-order valence-corrected chi connectivity index (χ1v) is 5.03.